The van der Waals surface area contributed by atoms with Gasteiger partial charge in [0.15, 0.2) is 0 Å². The second-order valence-corrected chi connectivity index (χ2v) is 7.27. The largest absolute Gasteiger partial charge is 0.351 e. The fourth-order valence-electron chi connectivity index (χ4n) is 2.86. The predicted octanol–water partition coefficient (Wildman–Crippen LogP) is 2.69. The number of carbonyl (C=O) groups excluding carboxylic acids is 2. The third-order valence-electron chi connectivity index (χ3n) is 4.43. The summed E-state index contributed by atoms with van der Waals surface area (Å²) in [6.45, 7) is 2.18. The molecular weight excluding hydrogens is 376 g/mol. The average Bonchev–Trinajstić information content (AvgIpc) is 3.30. The van der Waals surface area contributed by atoms with Gasteiger partial charge in [-0.15, -0.1) is 11.3 Å². The molecule has 7 nitrogen and oxygen atoms in total. The zero-order valence-corrected chi connectivity index (χ0v) is 16.6. The van der Waals surface area contributed by atoms with E-state index in [0.717, 1.165) is 5.69 Å². The maximum Gasteiger partial charge on any atom is 0.295 e. The number of amides is 2. The predicted molar refractivity (Wildman–Crippen MR) is 110 cm³/mol. The lowest BCUT2D eigenvalue weighted by molar-refractivity contribution is -0.116. The summed E-state index contributed by atoms with van der Waals surface area (Å²) < 4.78 is 3.24. The number of rotatable bonds is 7. The third kappa shape index (κ3) is 4.23. The first-order valence-electron chi connectivity index (χ1n) is 8.94. The van der Waals surface area contributed by atoms with Crippen molar-refractivity contribution in [1.29, 1.82) is 0 Å². The van der Waals surface area contributed by atoms with E-state index in [2.05, 4.69) is 10.6 Å². The minimum atomic E-state index is -0.273. The van der Waals surface area contributed by atoms with E-state index in [1.807, 2.05) is 41.8 Å². The van der Waals surface area contributed by atoms with Crippen LogP contribution in [0.15, 0.2) is 52.6 Å². The molecule has 0 saturated heterocycles. The van der Waals surface area contributed by atoms with Crippen LogP contribution in [0.3, 0.4) is 0 Å². The summed E-state index contributed by atoms with van der Waals surface area (Å²) in [5.41, 5.74) is 1.41. The van der Waals surface area contributed by atoms with E-state index >= 15 is 0 Å². The lowest BCUT2D eigenvalue weighted by atomic mass is 10.2. The molecule has 0 unspecified atom stereocenters. The van der Waals surface area contributed by atoms with Gasteiger partial charge in [-0.25, -0.2) is 4.68 Å². The van der Waals surface area contributed by atoms with Crippen LogP contribution in [-0.4, -0.2) is 27.7 Å². The molecule has 0 aliphatic carbocycles. The molecule has 0 aliphatic heterocycles. The number of nitrogens with one attached hydrogen (secondary N) is 2. The van der Waals surface area contributed by atoms with Crippen LogP contribution >= 0.6 is 11.3 Å². The molecule has 2 aromatic heterocycles. The molecule has 0 bridgehead atoms. The molecular formula is C20H22N4O3S. The highest BCUT2D eigenvalue weighted by molar-refractivity contribution is 7.12. The van der Waals surface area contributed by atoms with Gasteiger partial charge in [0.25, 0.3) is 11.5 Å². The molecule has 3 aromatic rings. The Labute approximate surface area is 166 Å². The van der Waals surface area contributed by atoms with Gasteiger partial charge >= 0.3 is 0 Å². The van der Waals surface area contributed by atoms with Gasteiger partial charge < -0.3 is 10.6 Å². The molecule has 0 atom stereocenters. The number of benzene rings is 1. The highest BCUT2D eigenvalue weighted by Gasteiger charge is 2.17. The van der Waals surface area contributed by atoms with Gasteiger partial charge in [-0.2, -0.15) is 0 Å². The summed E-state index contributed by atoms with van der Waals surface area (Å²) in [6.07, 6.45) is 0.700. The molecule has 0 saturated carbocycles. The Morgan fingerprint density at radius 3 is 2.54 bits per heavy atom. The highest BCUT2D eigenvalue weighted by atomic mass is 32.1. The van der Waals surface area contributed by atoms with E-state index < -0.39 is 0 Å². The first-order chi connectivity index (χ1) is 13.5. The van der Waals surface area contributed by atoms with Crippen LogP contribution in [-0.2, 0) is 11.8 Å². The molecule has 0 spiro atoms. The van der Waals surface area contributed by atoms with Gasteiger partial charge in [-0.3, -0.25) is 19.1 Å². The number of nitrogens with zero attached hydrogens (tertiary/aromatic N) is 2. The number of para-hydroxylation sites is 1. The van der Waals surface area contributed by atoms with Crippen molar-refractivity contribution in [3.63, 3.8) is 0 Å². The van der Waals surface area contributed by atoms with Crippen LogP contribution < -0.4 is 16.2 Å². The Bertz CT molecular complexity index is 1020. The zero-order valence-electron chi connectivity index (χ0n) is 15.8. The van der Waals surface area contributed by atoms with Crippen LogP contribution in [0.5, 0.6) is 0 Å². The molecule has 0 fully saturated rings. The topological polar surface area (TPSA) is 85.1 Å². The normalized spacial score (nSPS) is 10.6. The lowest BCUT2D eigenvalue weighted by Crippen LogP contribution is -2.25. The van der Waals surface area contributed by atoms with Gasteiger partial charge in [0.2, 0.25) is 5.91 Å². The Balaban J connectivity index is 1.59. The van der Waals surface area contributed by atoms with E-state index in [9.17, 15) is 14.4 Å². The number of anilines is 1. The molecule has 146 valence electrons. The molecule has 1 aromatic carbocycles. The van der Waals surface area contributed by atoms with Crippen molar-refractivity contribution in [3.8, 4) is 5.69 Å². The minimum absolute atomic E-state index is 0.139. The fraction of sp³-hybridized carbons (Fsp3) is 0.250. The number of carbonyl (C=O) groups is 2. The zero-order chi connectivity index (χ0) is 20.1. The van der Waals surface area contributed by atoms with Crippen LogP contribution in [0, 0.1) is 6.92 Å². The van der Waals surface area contributed by atoms with Gasteiger partial charge in [0.1, 0.15) is 5.69 Å². The quantitative estimate of drug-likeness (QED) is 0.600. The summed E-state index contributed by atoms with van der Waals surface area (Å²) in [5.74, 6) is -0.392. The lowest BCUT2D eigenvalue weighted by Gasteiger charge is -2.07. The van der Waals surface area contributed by atoms with E-state index in [-0.39, 0.29) is 29.5 Å². The van der Waals surface area contributed by atoms with E-state index in [4.69, 9.17) is 0 Å². The SMILES string of the molecule is Cc1c(NC(=O)CCCNC(=O)c2cccs2)c(=O)n(-c2ccccc2)n1C. The monoisotopic (exact) mass is 398 g/mol. The average molecular weight is 398 g/mol. The smallest absolute Gasteiger partial charge is 0.295 e. The molecule has 2 amide bonds. The molecule has 3 rings (SSSR count). The van der Waals surface area contributed by atoms with Crippen molar-refractivity contribution in [1.82, 2.24) is 14.7 Å². The maximum atomic E-state index is 12.8. The maximum absolute atomic E-state index is 12.8. The number of hydrogen-bond acceptors (Lipinski definition) is 4. The van der Waals surface area contributed by atoms with E-state index in [1.165, 1.54) is 16.0 Å². The van der Waals surface area contributed by atoms with Gasteiger partial charge in [-0.1, -0.05) is 24.3 Å². The van der Waals surface area contributed by atoms with Crippen LogP contribution in [0.25, 0.3) is 5.69 Å². The van der Waals surface area contributed by atoms with Crippen LogP contribution in [0.2, 0.25) is 0 Å². The van der Waals surface area contributed by atoms with Gasteiger partial charge in [0, 0.05) is 20.0 Å². The van der Waals surface area contributed by atoms with Crippen molar-refractivity contribution in [2.45, 2.75) is 19.8 Å². The fourth-order valence-corrected chi connectivity index (χ4v) is 3.50. The minimum Gasteiger partial charge on any atom is -0.351 e. The summed E-state index contributed by atoms with van der Waals surface area (Å²) in [5, 5.41) is 7.34. The third-order valence-corrected chi connectivity index (χ3v) is 5.30. The van der Waals surface area contributed by atoms with Crippen molar-refractivity contribution >= 4 is 28.8 Å². The number of aromatic nitrogens is 2. The Hall–Kier alpha value is -3.13. The Morgan fingerprint density at radius 1 is 1.11 bits per heavy atom. The Kier molecular flexibility index (Phi) is 6.10. The highest BCUT2D eigenvalue weighted by Crippen LogP contribution is 2.14. The van der Waals surface area contributed by atoms with Crippen molar-refractivity contribution in [2.75, 3.05) is 11.9 Å². The standard InChI is InChI=1S/C20H22N4O3S/c1-14-18(20(27)24(23(14)2)15-8-4-3-5-9-15)22-17(25)11-6-12-21-19(26)16-10-7-13-28-16/h3-5,7-10,13H,6,11-12H2,1-2H3,(H,21,26)(H,22,25). The first kappa shape index (κ1) is 19.6. The molecule has 28 heavy (non-hydrogen) atoms. The van der Waals surface area contributed by atoms with Crippen LogP contribution in [0.1, 0.15) is 28.2 Å². The molecule has 0 radical (unpaired) electrons. The summed E-state index contributed by atoms with van der Waals surface area (Å²) in [4.78, 5) is 37.5. The second kappa shape index (κ2) is 8.71. The molecule has 2 heterocycles. The second-order valence-electron chi connectivity index (χ2n) is 6.32. The summed E-state index contributed by atoms with van der Waals surface area (Å²) in [6, 6.07) is 12.8. The summed E-state index contributed by atoms with van der Waals surface area (Å²) in [7, 11) is 1.78. The van der Waals surface area contributed by atoms with Crippen LogP contribution in [0.4, 0.5) is 5.69 Å². The van der Waals surface area contributed by atoms with Crippen molar-refractivity contribution in [3.05, 3.63) is 68.8 Å². The molecule has 8 heteroatoms. The molecule has 0 aliphatic rings. The first-order valence-corrected chi connectivity index (χ1v) is 9.82. The Morgan fingerprint density at radius 2 is 1.86 bits per heavy atom. The van der Waals surface area contributed by atoms with E-state index in [1.54, 1.807) is 24.7 Å². The van der Waals surface area contributed by atoms with E-state index in [0.29, 0.717) is 23.5 Å². The number of hydrogen-bond donors (Lipinski definition) is 2. The summed E-state index contributed by atoms with van der Waals surface area (Å²) >= 11 is 1.37. The molecule has 2 N–H and O–H groups in total. The van der Waals surface area contributed by atoms with Gasteiger partial charge in [0.05, 0.1) is 16.3 Å². The number of thiophene rings is 1. The van der Waals surface area contributed by atoms with Crippen molar-refractivity contribution in [2.24, 2.45) is 7.05 Å². The van der Waals surface area contributed by atoms with Gasteiger partial charge in [-0.05, 0) is 36.9 Å². The van der Waals surface area contributed by atoms with Crippen molar-refractivity contribution < 1.29 is 9.59 Å².